The number of likely N-dealkylation sites (N-methyl/N-ethyl adjacent to an activating group) is 1. The van der Waals surface area contributed by atoms with Crippen LogP contribution >= 0.6 is 15.9 Å². The predicted molar refractivity (Wildman–Crippen MR) is 95.8 cm³/mol. The van der Waals surface area contributed by atoms with Gasteiger partial charge in [-0.2, -0.15) is 0 Å². The molecule has 5 heteroatoms. The molecular formula is C18H22BrN2O2+. The van der Waals surface area contributed by atoms with Crippen LogP contribution in [0.1, 0.15) is 12.5 Å². The van der Waals surface area contributed by atoms with Gasteiger partial charge >= 0.3 is 0 Å². The van der Waals surface area contributed by atoms with E-state index >= 15 is 0 Å². The first-order chi connectivity index (χ1) is 11.0. The van der Waals surface area contributed by atoms with Crippen molar-refractivity contribution in [1.82, 2.24) is 0 Å². The number of rotatable bonds is 6. The second kappa shape index (κ2) is 8.13. The van der Waals surface area contributed by atoms with E-state index in [1.54, 1.807) is 7.11 Å². The molecule has 0 saturated carbocycles. The van der Waals surface area contributed by atoms with E-state index in [-0.39, 0.29) is 11.9 Å². The van der Waals surface area contributed by atoms with Crippen molar-refractivity contribution in [3.8, 4) is 5.75 Å². The molecule has 0 bridgehead atoms. The minimum Gasteiger partial charge on any atom is -0.497 e. The number of hydrogen-bond donors (Lipinski definition) is 2. The first kappa shape index (κ1) is 17.5. The Hall–Kier alpha value is -1.85. The third-order valence-corrected chi connectivity index (χ3v) is 4.39. The van der Waals surface area contributed by atoms with Crippen LogP contribution in [0.25, 0.3) is 0 Å². The lowest BCUT2D eigenvalue weighted by Gasteiger charge is -2.21. The minimum absolute atomic E-state index is 0.00715. The molecule has 2 aromatic carbocycles. The maximum Gasteiger partial charge on any atom is 0.282 e. The van der Waals surface area contributed by atoms with Crippen LogP contribution in [0.4, 0.5) is 5.69 Å². The Labute approximate surface area is 145 Å². The maximum absolute atomic E-state index is 12.4. The van der Waals surface area contributed by atoms with Crippen LogP contribution in [0.2, 0.25) is 0 Å². The predicted octanol–water partition coefficient (Wildman–Crippen LogP) is 2.50. The van der Waals surface area contributed by atoms with Crippen LogP contribution in [-0.4, -0.2) is 26.1 Å². The highest BCUT2D eigenvalue weighted by molar-refractivity contribution is 9.10. The fraction of sp³-hybridized carbons (Fsp3) is 0.278. The van der Waals surface area contributed by atoms with Crippen molar-refractivity contribution in [2.75, 3.05) is 19.5 Å². The van der Waals surface area contributed by atoms with E-state index < -0.39 is 0 Å². The van der Waals surface area contributed by atoms with Crippen molar-refractivity contribution in [2.24, 2.45) is 0 Å². The van der Waals surface area contributed by atoms with E-state index in [2.05, 4.69) is 21.2 Å². The number of carbonyl (C=O) groups excluding carboxylic acids is 1. The number of amides is 1. The molecule has 0 saturated heterocycles. The van der Waals surface area contributed by atoms with Crippen LogP contribution in [0.3, 0.4) is 0 Å². The fourth-order valence-electron chi connectivity index (χ4n) is 2.27. The van der Waals surface area contributed by atoms with Crippen molar-refractivity contribution in [3.05, 3.63) is 58.6 Å². The summed E-state index contributed by atoms with van der Waals surface area (Å²) in [6.45, 7) is 2.69. The van der Waals surface area contributed by atoms with Crippen LogP contribution in [0, 0.1) is 0 Å². The molecule has 2 atom stereocenters. The molecule has 4 nitrogen and oxygen atoms in total. The lowest BCUT2D eigenvalue weighted by atomic mass is 10.1. The van der Waals surface area contributed by atoms with Crippen LogP contribution in [-0.2, 0) is 11.3 Å². The fourth-order valence-corrected chi connectivity index (χ4v) is 2.53. The summed E-state index contributed by atoms with van der Waals surface area (Å²) in [5.74, 6) is 0.843. The Morgan fingerprint density at radius 2 is 1.96 bits per heavy atom. The first-order valence-corrected chi connectivity index (χ1v) is 8.30. The number of quaternary nitrogens is 1. The van der Waals surface area contributed by atoms with Gasteiger partial charge in [0.25, 0.3) is 5.91 Å². The number of halogens is 1. The molecule has 2 rings (SSSR count). The third kappa shape index (κ3) is 5.08. The molecule has 0 aliphatic carbocycles. The van der Waals surface area contributed by atoms with Crippen molar-refractivity contribution in [2.45, 2.75) is 19.5 Å². The van der Waals surface area contributed by atoms with Gasteiger partial charge < -0.3 is 15.0 Å². The monoisotopic (exact) mass is 377 g/mol. The summed E-state index contributed by atoms with van der Waals surface area (Å²) in [6, 6.07) is 15.4. The number of ether oxygens (including phenoxy) is 1. The van der Waals surface area contributed by atoms with Gasteiger partial charge in [0.1, 0.15) is 12.3 Å². The number of nitrogens with one attached hydrogen (secondary N) is 2. The van der Waals surface area contributed by atoms with Gasteiger partial charge in [-0.15, -0.1) is 0 Å². The Morgan fingerprint density at radius 1 is 1.26 bits per heavy atom. The molecule has 0 fully saturated rings. The number of benzene rings is 2. The lowest BCUT2D eigenvalue weighted by molar-refractivity contribution is -0.907. The summed E-state index contributed by atoms with van der Waals surface area (Å²) in [5.41, 5.74) is 1.95. The number of hydrogen-bond acceptors (Lipinski definition) is 2. The van der Waals surface area contributed by atoms with Gasteiger partial charge in [0, 0.05) is 15.7 Å². The zero-order valence-electron chi connectivity index (χ0n) is 13.6. The zero-order chi connectivity index (χ0) is 16.8. The topological polar surface area (TPSA) is 42.8 Å². The Bertz CT molecular complexity index is 658. The Kier molecular flexibility index (Phi) is 6.19. The summed E-state index contributed by atoms with van der Waals surface area (Å²) in [7, 11) is 3.68. The highest BCUT2D eigenvalue weighted by Gasteiger charge is 2.22. The van der Waals surface area contributed by atoms with Crippen LogP contribution in [0.15, 0.2) is 53.0 Å². The second-order valence-electron chi connectivity index (χ2n) is 5.59. The highest BCUT2D eigenvalue weighted by Crippen LogP contribution is 2.14. The normalized spacial score (nSPS) is 13.2. The van der Waals surface area contributed by atoms with Gasteiger partial charge in [-0.05, 0) is 43.3 Å². The van der Waals surface area contributed by atoms with Crippen molar-refractivity contribution in [1.29, 1.82) is 0 Å². The third-order valence-electron chi connectivity index (χ3n) is 3.86. The van der Waals surface area contributed by atoms with Crippen molar-refractivity contribution >= 4 is 27.5 Å². The molecule has 0 heterocycles. The molecular weight excluding hydrogens is 356 g/mol. The van der Waals surface area contributed by atoms with E-state index in [4.69, 9.17) is 4.74 Å². The van der Waals surface area contributed by atoms with Gasteiger partial charge in [-0.1, -0.05) is 28.1 Å². The molecule has 0 aromatic heterocycles. The van der Waals surface area contributed by atoms with E-state index in [1.165, 1.54) is 0 Å². The van der Waals surface area contributed by atoms with Gasteiger partial charge in [-0.25, -0.2) is 0 Å². The molecule has 0 aliphatic rings. The standard InChI is InChI=1S/C18H21BrN2O2/c1-13(18(22)20-16-9-7-15(19)8-10-16)21(2)12-14-5-4-6-17(11-14)23-3/h4-11,13H,12H2,1-3H3,(H,20,22)/p+1/t13-/m1/s1. The van der Waals surface area contributed by atoms with E-state index in [1.807, 2.05) is 62.5 Å². The molecule has 23 heavy (non-hydrogen) atoms. The summed E-state index contributed by atoms with van der Waals surface area (Å²) in [6.07, 6.45) is 0. The highest BCUT2D eigenvalue weighted by atomic mass is 79.9. The summed E-state index contributed by atoms with van der Waals surface area (Å²) < 4.78 is 6.23. The lowest BCUT2D eigenvalue weighted by Crippen LogP contribution is -3.12. The van der Waals surface area contributed by atoms with Crippen molar-refractivity contribution in [3.63, 3.8) is 0 Å². The second-order valence-corrected chi connectivity index (χ2v) is 6.51. The van der Waals surface area contributed by atoms with Crippen molar-refractivity contribution < 1.29 is 14.4 Å². The smallest absolute Gasteiger partial charge is 0.282 e. The largest absolute Gasteiger partial charge is 0.497 e. The average molecular weight is 378 g/mol. The average Bonchev–Trinajstić information content (AvgIpc) is 2.56. The Balaban J connectivity index is 1.96. The number of anilines is 1. The van der Waals surface area contributed by atoms with Crippen LogP contribution < -0.4 is 15.0 Å². The molecule has 122 valence electrons. The van der Waals surface area contributed by atoms with Gasteiger partial charge in [0.15, 0.2) is 6.04 Å². The summed E-state index contributed by atoms with van der Waals surface area (Å²) in [4.78, 5) is 13.5. The minimum atomic E-state index is -0.162. The van der Waals surface area contributed by atoms with Crippen LogP contribution in [0.5, 0.6) is 5.75 Å². The molecule has 0 aliphatic heterocycles. The quantitative estimate of drug-likeness (QED) is 0.811. The van der Waals surface area contributed by atoms with Gasteiger partial charge in [0.05, 0.1) is 14.2 Å². The number of methoxy groups -OCH3 is 1. The SMILES string of the molecule is COc1cccc(C[NH+](C)[C@H](C)C(=O)Nc2ccc(Br)cc2)c1. The van der Waals surface area contributed by atoms with E-state index in [0.29, 0.717) is 0 Å². The summed E-state index contributed by atoms with van der Waals surface area (Å²) >= 11 is 3.39. The molecule has 0 radical (unpaired) electrons. The van der Waals surface area contributed by atoms with E-state index in [9.17, 15) is 4.79 Å². The summed E-state index contributed by atoms with van der Waals surface area (Å²) in [5, 5.41) is 2.95. The van der Waals surface area contributed by atoms with E-state index in [0.717, 1.165) is 32.9 Å². The molecule has 1 unspecified atom stereocenters. The Morgan fingerprint density at radius 3 is 2.61 bits per heavy atom. The molecule has 1 amide bonds. The molecule has 2 aromatic rings. The zero-order valence-corrected chi connectivity index (χ0v) is 15.2. The molecule has 0 spiro atoms. The maximum atomic E-state index is 12.4. The molecule has 2 N–H and O–H groups in total. The number of carbonyl (C=O) groups is 1. The van der Waals surface area contributed by atoms with Gasteiger partial charge in [0.2, 0.25) is 0 Å². The first-order valence-electron chi connectivity index (χ1n) is 7.51. The van der Waals surface area contributed by atoms with Gasteiger partial charge in [-0.3, -0.25) is 4.79 Å².